The van der Waals surface area contributed by atoms with Crippen molar-refractivity contribution in [2.24, 2.45) is 11.5 Å². The summed E-state index contributed by atoms with van der Waals surface area (Å²) in [5.41, 5.74) is 9.66. The smallest absolute Gasteiger partial charge is 0.217 e. The van der Waals surface area contributed by atoms with Crippen LogP contribution in [-0.4, -0.2) is 11.8 Å². The number of unbranched alkanes of at least 4 members (excludes halogenated alkanes) is 1. The van der Waals surface area contributed by atoms with E-state index in [0.717, 1.165) is 0 Å². The molecule has 4 heteroatoms. The normalized spacial score (nSPS) is 9.20. The van der Waals surface area contributed by atoms with Gasteiger partial charge in [-0.3, -0.25) is 9.59 Å². The van der Waals surface area contributed by atoms with E-state index in [1.54, 1.807) is 6.42 Å². The molecule has 0 spiro atoms. The second-order valence-corrected chi connectivity index (χ2v) is 1.96. The van der Waals surface area contributed by atoms with Crippen LogP contribution in [0.1, 0.15) is 19.3 Å². The van der Waals surface area contributed by atoms with E-state index in [2.05, 4.69) is 0 Å². The molecule has 0 atom stereocenters. The van der Waals surface area contributed by atoms with Gasteiger partial charge in [0.25, 0.3) is 0 Å². The molecule has 4 nitrogen and oxygen atoms in total. The number of amides is 2. The van der Waals surface area contributed by atoms with Gasteiger partial charge in [-0.1, -0.05) is 0 Å². The molecule has 0 saturated carbocycles. The van der Waals surface area contributed by atoms with Gasteiger partial charge in [-0.15, -0.1) is 0 Å². The maximum absolute atomic E-state index is 10.1. The van der Waals surface area contributed by atoms with Crippen molar-refractivity contribution in [3.05, 3.63) is 6.42 Å². The van der Waals surface area contributed by atoms with Gasteiger partial charge in [0.05, 0.1) is 0 Å². The predicted molar refractivity (Wildman–Crippen MR) is 36.5 cm³/mol. The highest BCUT2D eigenvalue weighted by Gasteiger charge is 1.96. The van der Waals surface area contributed by atoms with Crippen molar-refractivity contribution in [1.82, 2.24) is 0 Å². The van der Waals surface area contributed by atoms with Gasteiger partial charge in [0, 0.05) is 12.8 Å². The van der Waals surface area contributed by atoms with Crippen LogP contribution in [0.25, 0.3) is 0 Å². The van der Waals surface area contributed by atoms with Crippen molar-refractivity contribution >= 4 is 11.8 Å². The van der Waals surface area contributed by atoms with Crippen LogP contribution in [0.4, 0.5) is 0 Å². The van der Waals surface area contributed by atoms with Crippen molar-refractivity contribution in [1.29, 1.82) is 0 Å². The Morgan fingerprint density at radius 3 is 2.20 bits per heavy atom. The number of carbonyl (C=O) groups is 2. The van der Waals surface area contributed by atoms with Crippen LogP contribution in [0.15, 0.2) is 0 Å². The summed E-state index contributed by atoms with van der Waals surface area (Å²) in [4.78, 5) is 20.2. The number of primary amides is 2. The molecule has 0 fully saturated rings. The maximum Gasteiger partial charge on any atom is 0.217 e. The third-order valence-corrected chi connectivity index (χ3v) is 0.940. The van der Waals surface area contributed by atoms with Crippen molar-refractivity contribution in [2.75, 3.05) is 0 Å². The first-order chi connectivity index (χ1) is 4.63. The minimum Gasteiger partial charge on any atom is -0.370 e. The molecule has 10 heavy (non-hydrogen) atoms. The lowest BCUT2D eigenvalue weighted by Crippen LogP contribution is -2.12. The van der Waals surface area contributed by atoms with E-state index >= 15 is 0 Å². The van der Waals surface area contributed by atoms with Crippen LogP contribution in [0.5, 0.6) is 0 Å². The Morgan fingerprint density at radius 1 is 1.20 bits per heavy atom. The van der Waals surface area contributed by atoms with Gasteiger partial charge in [0.15, 0.2) is 0 Å². The average Bonchev–Trinajstić information content (AvgIpc) is 1.79. The molecule has 0 aliphatic heterocycles. The predicted octanol–water partition coefficient (Wildman–Crippen LogP) is -0.668. The first kappa shape index (κ1) is 8.94. The van der Waals surface area contributed by atoms with Gasteiger partial charge >= 0.3 is 0 Å². The topological polar surface area (TPSA) is 86.2 Å². The summed E-state index contributed by atoms with van der Waals surface area (Å²) in [5, 5.41) is 0. The molecule has 0 aliphatic carbocycles. The highest BCUT2D eigenvalue weighted by Crippen LogP contribution is 1.95. The molecule has 0 aromatic carbocycles. The van der Waals surface area contributed by atoms with Gasteiger partial charge in [-0.05, 0) is 12.8 Å². The Morgan fingerprint density at radius 2 is 1.80 bits per heavy atom. The molecule has 0 saturated heterocycles. The Kier molecular flexibility index (Phi) is 4.28. The molecule has 0 heterocycles. The summed E-state index contributed by atoms with van der Waals surface area (Å²) in [6, 6.07) is 0. The Bertz CT molecular complexity index is 118. The van der Waals surface area contributed by atoms with Crippen LogP contribution >= 0.6 is 0 Å². The number of nitrogens with two attached hydrogens (primary N) is 2. The lowest BCUT2D eigenvalue weighted by Gasteiger charge is -1.93. The van der Waals surface area contributed by atoms with E-state index in [9.17, 15) is 9.59 Å². The molecule has 0 rings (SSSR count). The van der Waals surface area contributed by atoms with E-state index in [1.807, 2.05) is 0 Å². The lowest BCUT2D eigenvalue weighted by molar-refractivity contribution is -0.119. The first-order valence-corrected chi connectivity index (χ1v) is 3.01. The molecule has 2 amide bonds. The summed E-state index contributed by atoms with van der Waals surface area (Å²) in [7, 11) is 0. The Hall–Kier alpha value is -1.06. The summed E-state index contributed by atoms with van der Waals surface area (Å²) in [6.45, 7) is 0. The van der Waals surface area contributed by atoms with Crippen molar-refractivity contribution in [3.8, 4) is 0 Å². The van der Waals surface area contributed by atoms with E-state index in [1.165, 1.54) is 0 Å². The van der Waals surface area contributed by atoms with Gasteiger partial charge < -0.3 is 11.5 Å². The summed E-state index contributed by atoms with van der Waals surface area (Å²) in [5.74, 6) is -0.745. The Balaban J connectivity index is 3.06. The van der Waals surface area contributed by atoms with Gasteiger partial charge in [-0.2, -0.15) is 0 Å². The fraction of sp³-hybridized carbons (Fsp3) is 0.500. The molecule has 4 N–H and O–H groups in total. The fourth-order valence-electron chi connectivity index (χ4n) is 0.489. The summed E-state index contributed by atoms with van der Waals surface area (Å²) in [6.07, 6.45) is 2.67. The standard InChI is InChI=1S/C6H11N2O2/c7-5(9)3-1-2-4-6(8)10/h1H,2-4H2,(H2,7,9)(H2,8,10). The van der Waals surface area contributed by atoms with Crippen LogP contribution in [0.2, 0.25) is 0 Å². The molecule has 1 radical (unpaired) electrons. The van der Waals surface area contributed by atoms with E-state index in [-0.39, 0.29) is 24.7 Å². The zero-order chi connectivity index (χ0) is 7.98. The van der Waals surface area contributed by atoms with Crippen LogP contribution in [-0.2, 0) is 9.59 Å². The molecular formula is C6H11N2O2. The average molecular weight is 143 g/mol. The monoisotopic (exact) mass is 143 g/mol. The second kappa shape index (κ2) is 4.78. The number of carbonyl (C=O) groups excluding carboxylic acids is 2. The zero-order valence-corrected chi connectivity index (χ0v) is 5.67. The van der Waals surface area contributed by atoms with Crippen molar-refractivity contribution < 1.29 is 9.59 Å². The van der Waals surface area contributed by atoms with Crippen LogP contribution in [0, 0.1) is 6.42 Å². The molecule has 0 unspecified atom stereocenters. The van der Waals surface area contributed by atoms with Crippen molar-refractivity contribution in [2.45, 2.75) is 19.3 Å². The van der Waals surface area contributed by atoms with E-state index in [4.69, 9.17) is 11.5 Å². The Labute approximate surface area is 59.6 Å². The second-order valence-electron chi connectivity index (χ2n) is 1.96. The minimum atomic E-state index is -0.385. The molecule has 0 bridgehead atoms. The quantitative estimate of drug-likeness (QED) is 0.500. The van der Waals surface area contributed by atoms with Gasteiger partial charge in [0.2, 0.25) is 11.8 Å². The highest BCUT2D eigenvalue weighted by molar-refractivity contribution is 5.76. The molecule has 0 aromatic rings. The fourth-order valence-corrected chi connectivity index (χ4v) is 0.489. The number of hydrogen-bond donors (Lipinski definition) is 2. The van der Waals surface area contributed by atoms with Gasteiger partial charge in [0.1, 0.15) is 0 Å². The molecule has 57 valence electrons. The summed E-state index contributed by atoms with van der Waals surface area (Å²) >= 11 is 0. The number of rotatable bonds is 5. The molecule has 0 aliphatic rings. The van der Waals surface area contributed by atoms with E-state index in [0.29, 0.717) is 6.42 Å². The molecular weight excluding hydrogens is 132 g/mol. The SMILES string of the molecule is NC(=O)C[CH]CCC(N)=O. The zero-order valence-electron chi connectivity index (χ0n) is 5.67. The third kappa shape index (κ3) is 6.94. The van der Waals surface area contributed by atoms with E-state index < -0.39 is 0 Å². The van der Waals surface area contributed by atoms with Crippen LogP contribution < -0.4 is 11.5 Å². The third-order valence-electron chi connectivity index (χ3n) is 0.940. The lowest BCUT2D eigenvalue weighted by atomic mass is 10.2. The highest BCUT2D eigenvalue weighted by atomic mass is 16.1. The van der Waals surface area contributed by atoms with Gasteiger partial charge in [-0.25, -0.2) is 0 Å². The minimum absolute atomic E-state index is 0.216. The summed E-state index contributed by atoms with van der Waals surface area (Å²) < 4.78 is 0. The maximum atomic E-state index is 10.1. The largest absolute Gasteiger partial charge is 0.370 e. The van der Waals surface area contributed by atoms with Crippen molar-refractivity contribution in [3.63, 3.8) is 0 Å². The number of hydrogen-bond acceptors (Lipinski definition) is 2. The molecule has 0 aromatic heterocycles. The van der Waals surface area contributed by atoms with Crippen LogP contribution in [0.3, 0.4) is 0 Å². The first-order valence-electron chi connectivity index (χ1n) is 3.01.